The predicted molar refractivity (Wildman–Crippen MR) is 115 cm³/mol. The number of nitrogens with one attached hydrogen (secondary N) is 1. The SMILES string of the molecule is CN(C)S(=O)(=O)c1ccc(C(=O)N2CCc3nc(NC(=O)c4ccco4)sc3C2)cc1. The van der Waals surface area contributed by atoms with Gasteiger partial charge in [-0.15, -0.1) is 0 Å². The van der Waals surface area contributed by atoms with E-state index in [4.69, 9.17) is 4.42 Å². The van der Waals surface area contributed by atoms with Crippen LogP contribution in [0, 0.1) is 0 Å². The summed E-state index contributed by atoms with van der Waals surface area (Å²) in [4.78, 5) is 32.2. The van der Waals surface area contributed by atoms with Crippen LogP contribution in [0.25, 0.3) is 0 Å². The van der Waals surface area contributed by atoms with Crippen molar-refractivity contribution in [1.82, 2.24) is 14.2 Å². The number of hydrogen-bond donors (Lipinski definition) is 1. The maximum Gasteiger partial charge on any atom is 0.293 e. The largest absolute Gasteiger partial charge is 0.459 e. The number of furan rings is 1. The second-order valence-corrected chi connectivity index (χ2v) is 10.3. The Hall–Kier alpha value is -3.02. The molecule has 0 saturated heterocycles. The normalized spacial score (nSPS) is 13.8. The molecule has 2 amide bonds. The van der Waals surface area contributed by atoms with Crippen molar-refractivity contribution in [3.8, 4) is 0 Å². The molecule has 11 heteroatoms. The van der Waals surface area contributed by atoms with E-state index in [-0.39, 0.29) is 22.5 Å². The highest BCUT2D eigenvalue weighted by Crippen LogP contribution is 2.29. The Kier molecular flexibility index (Phi) is 5.65. The highest BCUT2D eigenvalue weighted by atomic mass is 32.2. The number of anilines is 1. The Morgan fingerprint density at radius 2 is 1.94 bits per heavy atom. The second kappa shape index (κ2) is 8.25. The molecule has 0 fully saturated rings. The molecule has 0 saturated carbocycles. The Labute approximate surface area is 183 Å². The van der Waals surface area contributed by atoms with Crippen molar-refractivity contribution in [2.45, 2.75) is 17.9 Å². The van der Waals surface area contributed by atoms with E-state index in [9.17, 15) is 18.0 Å². The summed E-state index contributed by atoms with van der Waals surface area (Å²) in [7, 11) is -0.630. The van der Waals surface area contributed by atoms with E-state index in [1.165, 1.54) is 56.0 Å². The van der Waals surface area contributed by atoms with Crippen molar-refractivity contribution in [2.24, 2.45) is 0 Å². The van der Waals surface area contributed by atoms with Crippen LogP contribution < -0.4 is 5.32 Å². The number of amides is 2. The molecule has 162 valence electrons. The van der Waals surface area contributed by atoms with Crippen molar-refractivity contribution in [3.63, 3.8) is 0 Å². The summed E-state index contributed by atoms with van der Waals surface area (Å²) in [5.74, 6) is -0.365. The third-order valence-corrected chi connectivity index (χ3v) is 7.69. The minimum atomic E-state index is -3.55. The average molecular weight is 461 g/mol. The summed E-state index contributed by atoms with van der Waals surface area (Å²) < 4.78 is 30.6. The highest BCUT2D eigenvalue weighted by Gasteiger charge is 2.26. The molecule has 1 aliphatic heterocycles. The van der Waals surface area contributed by atoms with Crippen LogP contribution >= 0.6 is 11.3 Å². The van der Waals surface area contributed by atoms with Crippen molar-refractivity contribution in [3.05, 3.63) is 64.6 Å². The van der Waals surface area contributed by atoms with Crippen molar-refractivity contribution < 1.29 is 22.4 Å². The van der Waals surface area contributed by atoms with Crippen LogP contribution in [0.15, 0.2) is 52.0 Å². The molecular weight excluding hydrogens is 440 g/mol. The summed E-state index contributed by atoms with van der Waals surface area (Å²) >= 11 is 1.32. The number of fused-ring (bicyclic) bond motifs is 1. The van der Waals surface area contributed by atoms with Crippen LogP contribution in [0.2, 0.25) is 0 Å². The molecule has 0 aliphatic carbocycles. The van der Waals surface area contributed by atoms with Gasteiger partial charge in [-0.25, -0.2) is 17.7 Å². The van der Waals surface area contributed by atoms with Crippen molar-refractivity contribution in [1.29, 1.82) is 0 Å². The van der Waals surface area contributed by atoms with Gasteiger partial charge in [-0.05, 0) is 36.4 Å². The number of carbonyl (C=O) groups is 2. The van der Waals surface area contributed by atoms with Gasteiger partial charge in [-0.2, -0.15) is 0 Å². The first kappa shape index (κ1) is 21.2. The molecular formula is C20H20N4O5S2. The first-order valence-corrected chi connectivity index (χ1v) is 11.7. The molecule has 0 unspecified atom stereocenters. The second-order valence-electron chi connectivity index (χ2n) is 7.11. The summed E-state index contributed by atoms with van der Waals surface area (Å²) in [6.07, 6.45) is 2.00. The van der Waals surface area contributed by atoms with Gasteiger partial charge in [0.15, 0.2) is 10.9 Å². The van der Waals surface area contributed by atoms with E-state index >= 15 is 0 Å². The summed E-state index contributed by atoms with van der Waals surface area (Å²) in [5, 5.41) is 3.17. The Bertz CT molecular complexity index is 1220. The first-order valence-electron chi connectivity index (χ1n) is 9.41. The number of aromatic nitrogens is 1. The molecule has 4 rings (SSSR count). The van der Waals surface area contributed by atoms with Gasteiger partial charge >= 0.3 is 0 Å². The lowest BCUT2D eigenvalue weighted by atomic mass is 10.1. The lowest BCUT2D eigenvalue weighted by molar-refractivity contribution is 0.0736. The fourth-order valence-electron chi connectivity index (χ4n) is 3.15. The molecule has 9 nitrogen and oxygen atoms in total. The Morgan fingerprint density at radius 1 is 1.19 bits per heavy atom. The van der Waals surface area contributed by atoms with Crippen LogP contribution in [0.3, 0.4) is 0 Å². The third kappa shape index (κ3) is 4.24. The monoisotopic (exact) mass is 460 g/mol. The van der Waals surface area contributed by atoms with Crippen LogP contribution in [0.1, 0.15) is 31.5 Å². The molecule has 31 heavy (non-hydrogen) atoms. The number of nitrogens with zero attached hydrogens (tertiary/aromatic N) is 3. The molecule has 0 atom stereocenters. The van der Waals surface area contributed by atoms with Gasteiger partial charge in [0.2, 0.25) is 10.0 Å². The Balaban J connectivity index is 1.45. The van der Waals surface area contributed by atoms with Gasteiger partial charge in [0.25, 0.3) is 11.8 Å². The molecule has 3 aromatic rings. The van der Waals surface area contributed by atoms with E-state index in [0.29, 0.717) is 30.2 Å². The van der Waals surface area contributed by atoms with Gasteiger partial charge in [0.1, 0.15) is 0 Å². The number of benzene rings is 1. The fraction of sp³-hybridized carbons (Fsp3) is 0.250. The van der Waals surface area contributed by atoms with E-state index in [0.717, 1.165) is 14.9 Å². The zero-order chi connectivity index (χ0) is 22.2. The summed E-state index contributed by atoms with van der Waals surface area (Å²) in [6.45, 7) is 0.860. The number of sulfonamides is 1. The minimum absolute atomic E-state index is 0.134. The zero-order valence-electron chi connectivity index (χ0n) is 16.9. The minimum Gasteiger partial charge on any atom is -0.459 e. The fourth-order valence-corrected chi connectivity index (χ4v) is 5.07. The van der Waals surface area contributed by atoms with Gasteiger partial charge in [0, 0.05) is 37.5 Å². The van der Waals surface area contributed by atoms with Crippen LogP contribution in [-0.2, 0) is 23.0 Å². The first-order chi connectivity index (χ1) is 14.8. The number of carbonyl (C=O) groups excluding carboxylic acids is 2. The average Bonchev–Trinajstić information content (AvgIpc) is 3.42. The van der Waals surface area contributed by atoms with Gasteiger partial charge in [0.05, 0.1) is 23.4 Å². The molecule has 1 N–H and O–H groups in total. The molecule has 0 radical (unpaired) electrons. The van der Waals surface area contributed by atoms with Crippen LogP contribution in [0.5, 0.6) is 0 Å². The van der Waals surface area contributed by atoms with Gasteiger partial charge < -0.3 is 9.32 Å². The number of rotatable bonds is 5. The topological polar surface area (TPSA) is 113 Å². The van der Waals surface area contributed by atoms with Crippen molar-refractivity contribution >= 4 is 38.3 Å². The van der Waals surface area contributed by atoms with E-state index < -0.39 is 10.0 Å². The number of hydrogen-bond acceptors (Lipinski definition) is 7. The number of thiazole rings is 1. The smallest absolute Gasteiger partial charge is 0.293 e. The molecule has 1 aromatic carbocycles. The molecule has 0 spiro atoms. The van der Waals surface area contributed by atoms with Crippen LogP contribution in [0.4, 0.5) is 5.13 Å². The highest BCUT2D eigenvalue weighted by molar-refractivity contribution is 7.89. The summed E-state index contributed by atoms with van der Waals surface area (Å²) in [6, 6.07) is 9.12. The van der Waals surface area contributed by atoms with Gasteiger partial charge in [-0.3, -0.25) is 14.9 Å². The van der Waals surface area contributed by atoms with E-state index in [1.54, 1.807) is 17.0 Å². The molecule has 1 aliphatic rings. The third-order valence-electron chi connectivity index (χ3n) is 4.86. The standard InChI is InChI=1S/C20H20N4O5S2/c1-23(2)31(27,28)14-7-5-13(6-8-14)19(26)24-10-9-15-17(12-24)30-20(21-15)22-18(25)16-4-3-11-29-16/h3-8,11H,9-10,12H2,1-2H3,(H,21,22,25). The molecule has 0 bridgehead atoms. The lowest BCUT2D eigenvalue weighted by Crippen LogP contribution is -2.35. The van der Waals surface area contributed by atoms with Gasteiger partial charge in [-0.1, -0.05) is 11.3 Å². The molecule has 3 heterocycles. The van der Waals surface area contributed by atoms with E-state index in [2.05, 4.69) is 10.3 Å². The quantitative estimate of drug-likeness (QED) is 0.626. The lowest BCUT2D eigenvalue weighted by Gasteiger charge is -2.26. The van der Waals surface area contributed by atoms with E-state index in [1.807, 2.05) is 0 Å². The van der Waals surface area contributed by atoms with Crippen molar-refractivity contribution in [2.75, 3.05) is 26.0 Å². The maximum absolute atomic E-state index is 12.9. The van der Waals surface area contributed by atoms with Crippen LogP contribution in [-0.4, -0.2) is 55.1 Å². The predicted octanol–water partition coefficient (Wildman–Crippen LogP) is 2.44. The molecule has 2 aromatic heterocycles. The maximum atomic E-state index is 12.9. The summed E-state index contributed by atoms with van der Waals surface area (Å²) in [5.41, 5.74) is 1.27. The Morgan fingerprint density at radius 3 is 2.58 bits per heavy atom. The zero-order valence-corrected chi connectivity index (χ0v) is 18.5.